The van der Waals surface area contributed by atoms with Gasteiger partial charge in [0.05, 0.1) is 6.61 Å². The largest absolute Gasteiger partial charge is 0.461 e. The monoisotopic (exact) mass is 419 g/mol. The maximum Gasteiger partial charge on any atom is 0.354 e. The van der Waals surface area contributed by atoms with E-state index in [4.69, 9.17) is 4.74 Å². The van der Waals surface area contributed by atoms with Crippen LogP contribution in [0.4, 0.5) is 5.69 Å². The second-order valence-electron chi connectivity index (χ2n) is 7.50. The molecule has 1 fully saturated rings. The van der Waals surface area contributed by atoms with Gasteiger partial charge in [-0.15, -0.1) is 0 Å². The fourth-order valence-electron chi connectivity index (χ4n) is 3.81. The van der Waals surface area contributed by atoms with Gasteiger partial charge in [0.15, 0.2) is 0 Å². The molecule has 1 saturated heterocycles. The van der Waals surface area contributed by atoms with E-state index in [1.54, 1.807) is 25.5 Å². The van der Waals surface area contributed by atoms with Crippen LogP contribution < -0.4 is 4.90 Å². The van der Waals surface area contributed by atoms with E-state index in [1.807, 2.05) is 26.0 Å². The summed E-state index contributed by atoms with van der Waals surface area (Å²) in [5.41, 5.74) is 3.06. The highest BCUT2D eigenvalue weighted by Crippen LogP contribution is 2.28. The normalized spacial score (nSPS) is 18.1. The summed E-state index contributed by atoms with van der Waals surface area (Å²) < 4.78 is 34.8. The lowest BCUT2D eigenvalue weighted by molar-refractivity contribution is 0.0515. The molecule has 0 N–H and O–H groups in total. The van der Waals surface area contributed by atoms with Gasteiger partial charge < -0.3 is 14.2 Å². The van der Waals surface area contributed by atoms with Crippen molar-refractivity contribution in [1.82, 2.24) is 8.87 Å². The van der Waals surface area contributed by atoms with Gasteiger partial charge in [-0.2, -0.15) is 4.31 Å². The number of sulfonamides is 1. The third kappa shape index (κ3) is 4.04. The highest BCUT2D eigenvalue weighted by Gasteiger charge is 2.35. The van der Waals surface area contributed by atoms with Crippen LogP contribution in [0.2, 0.25) is 0 Å². The number of aryl methyl sites for hydroxylation is 1. The molecule has 1 aromatic carbocycles. The highest BCUT2D eigenvalue weighted by molar-refractivity contribution is 7.89. The number of benzene rings is 1. The summed E-state index contributed by atoms with van der Waals surface area (Å²) in [5, 5.41) is 0. The van der Waals surface area contributed by atoms with Crippen molar-refractivity contribution in [3.05, 3.63) is 47.3 Å². The quantitative estimate of drug-likeness (QED) is 0.697. The van der Waals surface area contributed by atoms with Crippen LogP contribution in [0.15, 0.2) is 35.2 Å². The van der Waals surface area contributed by atoms with Crippen LogP contribution in [0.5, 0.6) is 0 Å². The number of nitrogens with zero attached hydrogens (tertiary/aromatic N) is 3. The molecule has 0 amide bonds. The smallest absolute Gasteiger partial charge is 0.354 e. The molecule has 29 heavy (non-hydrogen) atoms. The fourth-order valence-corrected chi connectivity index (χ4v) is 5.59. The minimum atomic E-state index is -3.71. The van der Waals surface area contributed by atoms with Crippen molar-refractivity contribution in [1.29, 1.82) is 0 Å². The van der Waals surface area contributed by atoms with Crippen molar-refractivity contribution < 1.29 is 17.9 Å². The van der Waals surface area contributed by atoms with Crippen LogP contribution in [0.3, 0.4) is 0 Å². The summed E-state index contributed by atoms with van der Waals surface area (Å²) in [7, 11) is -2.03. The van der Waals surface area contributed by atoms with E-state index in [1.165, 1.54) is 15.9 Å². The first-order valence-electron chi connectivity index (χ1n) is 9.83. The van der Waals surface area contributed by atoms with Gasteiger partial charge >= 0.3 is 5.97 Å². The molecule has 7 nitrogen and oxygen atoms in total. The molecule has 1 aromatic heterocycles. The van der Waals surface area contributed by atoms with Crippen molar-refractivity contribution >= 4 is 21.7 Å². The zero-order chi connectivity index (χ0) is 21.3. The summed E-state index contributed by atoms with van der Waals surface area (Å²) in [6.45, 7) is 9.15. The van der Waals surface area contributed by atoms with Crippen LogP contribution in [-0.2, 0) is 21.8 Å². The summed E-state index contributed by atoms with van der Waals surface area (Å²) in [5.74, 6) is -0.516. The lowest BCUT2D eigenvalue weighted by atomic mass is 10.1. The minimum absolute atomic E-state index is 0.0360. The van der Waals surface area contributed by atoms with Gasteiger partial charge in [0.2, 0.25) is 10.0 Å². The Morgan fingerprint density at radius 2 is 1.93 bits per heavy atom. The number of esters is 1. The van der Waals surface area contributed by atoms with Crippen molar-refractivity contribution in [3.63, 3.8) is 0 Å². The average Bonchev–Trinajstić information content (AvgIpc) is 2.97. The average molecular weight is 420 g/mol. The first-order chi connectivity index (χ1) is 13.7. The Morgan fingerprint density at radius 3 is 2.55 bits per heavy atom. The SMILES string of the molecule is CCOC(=O)c1cc(S(=O)(=O)N2CCN(c3cccc(C)c3)[C@H](C)C2)c(C)n1C. The molecule has 1 atom stereocenters. The van der Waals surface area contributed by atoms with Gasteiger partial charge in [-0.25, -0.2) is 13.2 Å². The molecule has 3 rings (SSSR count). The van der Waals surface area contributed by atoms with E-state index in [0.29, 0.717) is 25.3 Å². The Labute approximate surface area is 172 Å². The molecule has 0 unspecified atom stereocenters. The number of carbonyl (C=O) groups is 1. The standard InChI is InChI=1S/C21H29N3O4S/c1-6-28-21(25)19-13-20(17(4)22(19)5)29(26,27)23-10-11-24(16(3)14-23)18-9-7-8-15(2)12-18/h7-9,12-13,16H,6,10-11,14H2,1-5H3/t16-/m1/s1. The lowest BCUT2D eigenvalue weighted by Gasteiger charge is -2.40. The molecule has 0 aliphatic carbocycles. The van der Waals surface area contributed by atoms with E-state index < -0.39 is 16.0 Å². The second-order valence-corrected chi connectivity index (χ2v) is 9.41. The summed E-state index contributed by atoms with van der Waals surface area (Å²) in [6.07, 6.45) is 0. The minimum Gasteiger partial charge on any atom is -0.461 e. The molecule has 0 saturated carbocycles. The van der Waals surface area contributed by atoms with E-state index in [9.17, 15) is 13.2 Å². The third-order valence-electron chi connectivity index (χ3n) is 5.51. The zero-order valence-corrected chi connectivity index (χ0v) is 18.5. The maximum absolute atomic E-state index is 13.3. The fraction of sp³-hybridized carbons (Fsp3) is 0.476. The third-order valence-corrected chi connectivity index (χ3v) is 7.50. The van der Waals surface area contributed by atoms with Gasteiger partial charge in [0.1, 0.15) is 10.6 Å². The first kappa shape index (κ1) is 21.4. The van der Waals surface area contributed by atoms with Gasteiger partial charge in [0, 0.05) is 44.1 Å². The van der Waals surface area contributed by atoms with Gasteiger partial charge in [0.25, 0.3) is 0 Å². The van der Waals surface area contributed by atoms with E-state index >= 15 is 0 Å². The maximum atomic E-state index is 13.3. The van der Waals surface area contributed by atoms with Crippen molar-refractivity contribution in [2.45, 2.75) is 38.6 Å². The zero-order valence-electron chi connectivity index (χ0n) is 17.7. The molecule has 1 aliphatic rings. The molecule has 0 spiro atoms. The second kappa shape index (κ2) is 8.20. The summed E-state index contributed by atoms with van der Waals surface area (Å²) in [4.78, 5) is 14.6. The van der Waals surface area contributed by atoms with Crippen molar-refractivity contribution in [2.75, 3.05) is 31.1 Å². The number of piperazine rings is 1. The molecular formula is C21H29N3O4S. The lowest BCUT2D eigenvalue weighted by Crippen LogP contribution is -2.53. The molecule has 2 aromatic rings. The van der Waals surface area contributed by atoms with Gasteiger partial charge in [-0.3, -0.25) is 0 Å². The van der Waals surface area contributed by atoms with Crippen molar-refractivity contribution in [3.8, 4) is 0 Å². The van der Waals surface area contributed by atoms with E-state index in [-0.39, 0.29) is 23.2 Å². The molecule has 158 valence electrons. The topological polar surface area (TPSA) is 71.8 Å². The number of rotatable bonds is 5. The number of hydrogen-bond acceptors (Lipinski definition) is 5. The predicted molar refractivity (Wildman–Crippen MR) is 113 cm³/mol. The molecule has 1 aliphatic heterocycles. The van der Waals surface area contributed by atoms with Crippen LogP contribution >= 0.6 is 0 Å². The highest BCUT2D eigenvalue weighted by atomic mass is 32.2. The number of carbonyl (C=O) groups excluding carboxylic acids is 1. The number of aromatic nitrogens is 1. The molecular weight excluding hydrogens is 390 g/mol. The van der Waals surface area contributed by atoms with Gasteiger partial charge in [-0.05, 0) is 51.5 Å². The first-order valence-corrected chi connectivity index (χ1v) is 11.3. The van der Waals surface area contributed by atoms with E-state index in [2.05, 4.69) is 17.0 Å². The Bertz CT molecular complexity index is 1010. The van der Waals surface area contributed by atoms with Crippen LogP contribution in [0.1, 0.15) is 35.6 Å². The van der Waals surface area contributed by atoms with Crippen molar-refractivity contribution in [2.24, 2.45) is 7.05 Å². The van der Waals surface area contributed by atoms with Crippen LogP contribution in [-0.4, -0.2) is 55.5 Å². The number of ether oxygens (including phenoxy) is 1. The Morgan fingerprint density at radius 1 is 1.21 bits per heavy atom. The molecule has 8 heteroatoms. The number of hydrogen-bond donors (Lipinski definition) is 0. The number of anilines is 1. The van der Waals surface area contributed by atoms with Crippen LogP contribution in [0.25, 0.3) is 0 Å². The Balaban J connectivity index is 1.85. The molecule has 2 heterocycles. The predicted octanol–water partition coefficient (Wildman–Crippen LogP) is 2.72. The Hall–Kier alpha value is -2.32. The summed E-state index contributed by atoms with van der Waals surface area (Å²) in [6, 6.07) is 9.71. The molecule has 0 bridgehead atoms. The van der Waals surface area contributed by atoms with E-state index in [0.717, 1.165) is 5.69 Å². The van der Waals surface area contributed by atoms with Gasteiger partial charge in [-0.1, -0.05) is 12.1 Å². The molecule has 0 radical (unpaired) electrons. The van der Waals surface area contributed by atoms with Crippen LogP contribution in [0, 0.1) is 13.8 Å². The summed E-state index contributed by atoms with van der Waals surface area (Å²) >= 11 is 0. The Kier molecular flexibility index (Phi) is 6.05.